The van der Waals surface area contributed by atoms with Gasteiger partial charge in [0.1, 0.15) is 5.78 Å². The molecule has 1 aliphatic rings. The highest BCUT2D eigenvalue weighted by atomic mass is 16.1. The van der Waals surface area contributed by atoms with Crippen LogP contribution in [0.2, 0.25) is 0 Å². The first-order valence-corrected chi connectivity index (χ1v) is 7.14. The van der Waals surface area contributed by atoms with E-state index >= 15 is 0 Å². The van der Waals surface area contributed by atoms with E-state index in [2.05, 4.69) is 57.8 Å². The summed E-state index contributed by atoms with van der Waals surface area (Å²) in [6.45, 7) is 9.24. The van der Waals surface area contributed by atoms with E-state index in [-0.39, 0.29) is 11.3 Å². The maximum Gasteiger partial charge on any atom is 0.143 e. The molecule has 1 aromatic carbocycles. The third kappa shape index (κ3) is 2.83. The summed E-state index contributed by atoms with van der Waals surface area (Å²) in [6.07, 6.45) is 2.05. The van der Waals surface area contributed by atoms with Gasteiger partial charge in [0.15, 0.2) is 0 Å². The number of carbonyl (C=O) groups excluding carboxylic acids is 1. The zero-order valence-corrected chi connectivity index (χ0v) is 12.8. The molecule has 0 aromatic heterocycles. The first-order chi connectivity index (χ1) is 8.81. The highest BCUT2D eigenvalue weighted by Crippen LogP contribution is 2.38. The van der Waals surface area contributed by atoms with Crippen LogP contribution in [0.1, 0.15) is 37.8 Å². The van der Waals surface area contributed by atoms with E-state index in [9.17, 15) is 4.79 Å². The van der Waals surface area contributed by atoms with Crippen molar-refractivity contribution in [1.29, 1.82) is 0 Å². The van der Waals surface area contributed by atoms with E-state index in [0.29, 0.717) is 5.78 Å². The van der Waals surface area contributed by atoms with Crippen LogP contribution in [0.25, 0.3) is 0 Å². The minimum absolute atomic E-state index is 0.117. The van der Waals surface area contributed by atoms with Crippen LogP contribution in [0.3, 0.4) is 0 Å². The monoisotopic (exact) mass is 259 g/mol. The lowest BCUT2D eigenvalue weighted by molar-refractivity contribution is -0.127. The quantitative estimate of drug-likeness (QED) is 0.824. The largest absolute Gasteiger partial charge is 0.374 e. The molecule has 1 atom stereocenters. The van der Waals surface area contributed by atoms with Crippen molar-refractivity contribution < 1.29 is 4.79 Å². The molecule has 0 N–H and O–H groups in total. The smallest absolute Gasteiger partial charge is 0.143 e. The molecule has 0 radical (unpaired) electrons. The van der Waals surface area contributed by atoms with E-state index in [1.807, 2.05) is 0 Å². The first kappa shape index (κ1) is 14.1. The average Bonchev–Trinajstić information content (AvgIpc) is 2.56. The van der Waals surface area contributed by atoms with Gasteiger partial charge < -0.3 is 4.90 Å². The Labute approximate surface area is 116 Å². The number of ketones is 1. The molecule has 104 valence electrons. The Morgan fingerprint density at radius 3 is 2.53 bits per heavy atom. The minimum atomic E-state index is -0.117. The van der Waals surface area contributed by atoms with Crippen molar-refractivity contribution in [3.8, 4) is 0 Å². The number of hydrogen-bond acceptors (Lipinski definition) is 2. The van der Waals surface area contributed by atoms with E-state index in [1.54, 1.807) is 0 Å². The molecule has 0 heterocycles. The standard InChI is InChI=1S/C17H25NO/c1-12-6-7-15(13(2)10-12)18(5)11-14-8-9-17(3,4)16(14)19/h6-7,10,14H,8-9,11H2,1-5H3. The number of aryl methyl sites for hydroxylation is 2. The molecular weight excluding hydrogens is 234 g/mol. The van der Waals surface area contributed by atoms with Gasteiger partial charge in [-0.1, -0.05) is 31.5 Å². The van der Waals surface area contributed by atoms with E-state index in [0.717, 1.165) is 19.4 Å². The average molecular weight is 259 g/mol. The summed E-state index contributed by atoms with van der Waals surface area (Å²) >= 11 is 0. The molecule has 2 nitrogen and oxygen atoms in total. The van der Waals surface area contributed by atoms with Crippen LogP contribution in [-0.2, 0) is 4.79 Å². The van der Waals surface area contributed by atoms with Crippen molar-refractivity contribution in [2.45, 2.75) is 40.5 Å². The van der Waals surface area contributed by atoms with Crippen LogP contribution in [0.4, 0.5) is 5.69 Å². The first-order valence-electron chi connectivity index (χ1n) is 7.14. The van der Waals surface area contributed by atoms with Crippen LogP contribution in [0, 0.1) is 25.2 Å². The second kappa shape index (κ2) is 4.99. The number of rotatable bonds is 3. The lowest BCUT2D eigenvalue weighted by Gasteiger charge is -2.25. The van der Waals surface area contributed by atoms with E-state index in [1.165, 1.54) is 16.8 Å². The van der Waals surface area contributed by atoms with Crippen molar-refractivity contribution >= 4 is 11.5 Å². The zero-order valence-electron chi connectivity index (χ0n) is 12.8. The van der Waals surface area contributed by atoms with Crippen molar-refractivity contribution in [3.63, 3.8) is 0 Å². The maximum absolute atomic E-state index is 12.3. The minimum Gasteiger partial charge on any atom is -0.374 e. The number of hydrogen-bond donors (Lipinski definition) is 0. The predicted octanol–water partition coefficient (Wildman–Crippen LogP) is 3.74. The second-order valence-corrected chi connectivity index (χ2v) is 6.65. The Morgan fingerprint density at radius 1 is 1.32 bits per heavy atom. The molecule has 2 rings (SSSR count). The van der Waals surface area contributed by atoms with Gasteiger partial charge in [-0.2, -0.15) is 0 Å². The second-order valence-electron chi connectivity index (χ2n) is 6.65. The summed E-state index contributed by atoms with van der Waals surface area (Å²) in [6, 6.07) is 6.50. The van der Waals surface area contributed by atoms with Gasteiger partial charge in [-0.15, -0.1) is 0 Å². The Balaban J connectivity index is 2.10. The molecule has 0 amide bonds. The molecule has 0 bridgehead atoms. The van der Waals surface area contributed by atoms with Crippen LogP contribution in [0.15, 0.2) is 18.2 Å². The Hall–Kier alpha value is -1.31. The highest BCUT2D eigenvalue weighted by molar-refractivity contribution is 5.88. The molecule has 1 saturated carbocycles. The molecule has 0 saturated heterocycles. The van der Waals surface area contributed by atoms with Gasteiger partial charge in [0.2, 0.25) is 0 Å². The molecule has 2 heteroatoms. The fraction of sp³-hybridized carbons (Fsp3) is 0.588. The number of carbonyl (C=O) groups is 1. The molecule has 1 aromatic rings. The summed E-state index contributed by atoms with van der Waals surface area (Å²) in [5.41, 5.74) is 3.69. The Bertz CT molecular complexity index is 490. The van der Waals surface area contributed by atoms with Gasteiger partial charge >= 0.3 is 0 Å². The molecule has 1 unspecified atom stereocenters. The van der Waals surface area contributed by atoms with Crippen molar-refractivity contribution in [2.75, 3.05) is 18.5 Å². The van der Waals surface area contributed by atoms with Gasteiger partial charge in [-0.05, 0) is 38.3 Å². The Kier molecular flexibility index (Phi) is 3.71. The maximum atomic E-state index is 12.3. The molecule has 19 heavy (non-hydrogen) atoms. The van der Waals surface area contributed by atoms with Gasteiger partial charge in [0, 0.05) is 30.6 Å². The van der Waals surface area contributed by atoms with E-state index in [4.69, 9.17) is 0 Å². The summed E-state index contributed by atoms with van der Waals surface area (Å²) in [5, 5.41) is 0. The molecule has 1 aliphatic carbocycles. The number of benzene rings is 1. The van der Waals surface area contributed by atoms with E-state index < -0.39 is 0 Å². The van der Waals surface area contributed by atoms with Gasteiger partial charge in [0.25, 0.3) is 0 Å². The van der Waals surface area contributed by atoms with Crippen molar-refractivity contribution in [3.05, 3.63) is 29.3 Å². The number of nitrogens with zero attached hydrogens (tertiary/aromatic N) is 1. The molecular formula is C17H25NO. The topological polar surface area (TPSA) is 20.3 Å². The highest BCUT2D eigenvalue weighted by Gasteiger charge is 2.40. The normalized spacial score (nSPS) is 21.7. The fourth-order valence-electron chi connectivity index (χ4n) is 3.18. The van der Waals surface area contributed by atoms with Crippen molar-refractivity contribution in [2.24, 2.45) is 11.3 Å². The predicted molar refractivity (Wildman–Crippen MR) is 80.7 cm³/mol. The molecule has 0 aliphatic heterocycles. The summed E-state index contributed by atoms with van der Waals surface area (Å²) < 4.78 is 0. The summed E-state index contributed by atoms with van der Waals surface area (Å²) in [4.78, 5) is 14.5. The fourth-order valence-corrected chi connectivity index (χ4v) is 3.18. The summed E-state index contributed by atoms with van der Waals surface area (Å²) in [7, 11) is 2.09. The van der Waals surface area contributed by atoms with Gasteiger partial charge in [0.05, 0.1) is 0 Å². The third-order valence-electron chi connectivity index (χ3n) is 4.41. The van der Waals surface area contributed by atoms with Gasteiger partial charge in [-0.3, -0.25) is 4.79 Å². The number of Topliss-reactive ketones (excluding diaryl/α,β-unsaturated/α-hetero) is 1. The SMILES string of the molecule is Cc1ccc(N(C)CC2CCC(C)(C)C2=O)c(C)c1. The Morgan fingerprint density at radius 2 is 2.00 bits per heavy atom. The van der Waals surface area contributed by atoms with Crippen molar-refractivity contribution in [1.82, 2.24) is 0 Å². The van der Waals surface area contributed by atoms with Crippen LogP contribution in [-0.4, -0.2) is 19.4 Å². The zero-order chi connectivity index (χ0) is 14.2. The number of anilines is 1. The lowest BCUT2D eigenvalue weighted by Crippen LogP contribution is -2.31. The third-order valence-corrected chi connectivity index (χ3v) is 4.41. The molecule has 1 fully saturated rings. The van der Waals surface area contributed by atoms with Crippen LogP contribution < -0.4 is 4.90 Å². The van der Waals surface area contributed by atoms with Gasteiger partial charge in [-0.25, -0.2) is 0 Å². The van der Waals surface area contributed by atoms with Crippen LogP contribution in [0.5, 0.6) is 0 Å². The lowest BCUT2D eigenvalue weighted by atomic mass is 9.89. The molecule has 0 spiro atoms. The summed E-state index contributed by atoms with van der Waals surface area (Å²) in [5.74, 6) is 0.629. The van der Waals surface area contributed by atoms with Crippen LogP contribution >= 0.6 is 0 Å².